The molecular formula is C22H24ClN5. The lowest BCUT2D eigenvalue weighted by atomic mass is 9.98. The zero-order valence-corrected chi connectivity index (χ0v) is 16.9. The van der Waals surface area contributed by atoms with Gasteiger partial charge in [0.15, 0.2) is 0 Å². The molecule has 3 aromatic rings. The molecule has 0 amide bonds. The Balaban J connectivity index is 1.82. The van der Waals surface area contributed by atoms with E-state index in [2.05, 4.69) is 28.7 Å². The largest absolute Gasteiger partial charge is 0.335 e. The van der Waals surface area contributed by atoms with Gasteiger partial charge in [-0.05, 0) is 69.0 Å². The van der Waals surface area contributed by atoms with E-state index in [1.54, 1.807) is 0 Å². The first-order chi connectivity index (χ1) is 13.6. The molecule has 144 valence electrons. The number of hydrogen-bond acceptors (Lipinski definition) is 5. The number of anilines is 4. The van der Waals surface area contributed by atoms with E-state index in [4.69, 9.17) is 16.6 Å². The zero-order valence-electron chi connectivity index (χ0n) is 16.2. The maximum atomic E-state index is 6.37. The molecule has 0 N–H and O–H groups in total. The average molecular weight is 394 g/mol. The van der Waals surface area contributed by atoms with Crippen molar-refractivity contribution in [3.63, 3.8) is 0 Å². The number of hydrogen-bond donors (Lipinski definition) is 0. The van der Waals surface area contributed by atoms with Crippen molar-refractivity contribution in [2.24, 2.45) is 0 Å². The molecular weight excluding hydrogens is 370 g/mol. The van der Waals surface area contributed by atoms with Crippen molar-refractivity contribution in [2.75, 3.05) is 9.80 Å². The molecule has 2 aromatic carbocycles. The van der Waals surface area contributed by atoms with Crippen LogP contribution in [0, 0.1) is 0 Å². The van der Waals surface area contributed by atoms with Crippen LogP contribution in [0.5, 0.6) is 0 Å². The fourth-order valence-electron chi connectivity index (χ4n) is 3.89. The Hall–Kier alpha value is -2.66. The molecule has 0 spiro atoms. The third kappa shape index (κ3) is 3.80. The molecule has 0 saturated carbocycles. The molecule has 5 nitrogen and oxygen atoms in total. The molecule has 1 aliphatic heterocycles. The summed E-state index contributed by atoms with van der Waals surface area (Å²) in [6.45, 7) is 4.44. The van der Waals surface area contributed by atoms with Gasteiger partial charge in [-0.1, -0.05) is 36.4 Å². The van der Waals surface area contributed by atoms with Gasteiger partial charge in [-0.15, -0.1) is 0 Å². The summed E-state index contributed by atoms with van der Waals surface area (Å²) in [4.78, 5) is 18.1. The lowest BCUT2D eigenvalue weighted by molar-refractivity contribution is 0.407. The first kappa shape index (κ1) is 18.7. The Labute approximate surface area is 171 Å². The highest BCUT2D eigenvalue weighted by Crippen LogP contribution is 2.34. The SMILES string of the molecule is C[C@H]1CCC[C@H](C)N1c1nc(Cl)nc(N(c2ccccc2)c2ccccc2)n1. The summed E-state index contributed by atoms with van der Waals surface area (Å²) in [6.07, 6.45) is 3.48. The van der Waals surface area contributed by atoms with Crippen molar-refractivity contribution >= 4 is 34.9 Å². The first-order valence-corrected chi connectivity index (χ1v) is 10.1. The summed E-state index contributed by atoms with van der Waals surface area (Å²) in [6, 6.07) is 20.9. The van der Waals surface area contributed by atoms with E-state index in [1.165, 1.54) is 6.42 Å². The van der Waals surface area contributed by atoms with Gasteiger partial charge in [0.1, 0.15) is 0 Å². The Morgan fingerprint density at radius 2 is 1.36 bits per heavy atom. The Kier molecular flexibility index (Phi) is 5.44. The summed E-state index contributed by atoms with van der Waals surface area (Å²) < 4.78 is 0. The molecule has 0 radical (unpaired) electrons. The minimum absolute atomic E-state index is 0.210. The number of piperidine rings is 1. The van der Waals surface area contributed by atoms with Crippen molar-refractivity contribution in [1.82, 2.24) is 15.0 Å². The third-order valence-electron chi connectivity index (χ3n) is 5.24. The van der Waals surface area contributed by atoms with Crippen LogP contribution in [0.25, 0.3) is 0 Å². The summed E-state index contributed by atoms with van der Waals surface area (Å²) in [5, 5.41) is 0.210. The molecule has 1 fully saturated rings. The molecule has 1 saturated heterocycles. The third-order valence-corrected chi connectivity index (χ3v) is 5.41. The average Bonchev–Trinajstić information content (AvgIpc) is 2.69. The molecule has 6 heteroatoms. The number of benzene rings is 2. The summed E-state index contributed by atoms with van der Waals surface area (Å²) >= 11 is 6.37. The van der Waals surface area contributed by atoms with Crippen LogP contribution in [0.1, 0.15) is 33.1 Å². The Morgan fingerprint density at radius 3 is 1.89 bits per heavy atom. The van der Waals surface area contributed by atoms with Gasteiger partial charge in [0, 0.05) is 23.5 Å². The van der Waals surface area contributed by atoms with E-state index in [0.717, 1.165) is 24.2 Å². The Bertz CT molecular complexity index is 869. The maximum absolute atomic E-state index is 6.37. The van der Waals surface area contributed by atoms with Crippen molar-refractivity contribution in [1.29, 1.82) is 0 Å². The predicted octanol–water partition coefficient (Wildman–Crippen LogP) is 5.76. The quantitative estimate of drug-likeness (QED) is 0.563. The van der Waals surface area contributed by atoms with Crippen molar-refractivity contribution < 1.29 is 0 Å². The molecule has 0 bridgehead atoms. The lowest BCUT2D eigenvalue weighted by Crippen LogP contribution is -2.45. The van der Waals surface area contributed by atoms with Gasteiger partial charge in [-0.3, -0.25) is 4.90 Å². The first-order valence-electron chi connectivity index (χ1n) is 9.73. The maximum Gasteiger partial charge on any atom is 0.240 e. The predicted molar refractivity (Wildman–Crippen MR) is 115 cm³/mol. The number of rotatable bonds is 4. The van der Waals surface area contributed by atoms with Crippen LogP contribution < -0.4 is 9.80 Å². The molecule has 28 heavy (non-hydrogen) atoms. The zero-order chi connectivity index (χ0) is 19.5. The van der Waals surface area contributed by atoms with Gasteiger partial charge in [0.05, 0.1) is 0 Å². The summed E-state index contributed by atoms with van der Waals surface area (Å²) in [7, 11) is 0. The van der Waals surface area contributed by atoms with E-state index in [0.29, 0.717) is 24.0 Å². The number of halogens is 1. The van der Waals surface area contributed by atoms with Crippen molar-refractivity contribution in [3.8, 4) is 0 Å². The molecule has 1 aliphatic rings. The number of para-hydroxylation sites is 2. The highest BCUT2D eigenvalue weighted by Gasteiger charge is 2.28. The van der Waals surface area contributed by atoms with E-state index in [9.17, 15) is 0 Å². The van der Waals surface area contributed by atoms with Crippen LogP contribution in [0.4, 0.5) is 23.3 Å². The monoisotopic (exact) mass is 393 g/mol. The molecule has 0 aliphatic carbocycles. The van der Waals surface area contributed by atoms with Crippen LogP contribution in [-0.4, -0.2) is 27.0 Å². The molecule has 2 heterocycles. The van der Waals surface area contributed by atoms with Crippen molar-refractivity contribution in [2.45, 2.75) is 45.2 Å². The van der Waals surface area contributed by atoms with Gasteiger partial charge >= 0.3 is 0 Å². The van der Waals surface area contributed by atoms with Gasteiger partial charge < -0.3 is 4.90 Å². The molecule has 0 unspecified atom stereocenters. The lowest BCUT2D eigenvalue weighted by Gasteiger charge is -2.39. The highest BCUT2D eigenvalue weighted by molar-refractivity contribution is 6.28. The molecule has 4 rings (SSSR count). The molecule has 2 atom stereocenters. The van der Waals surface area contributed by atoms with Gasteiger partial charge in [0.2, 0.25) is 17.2 Å². The number of nitrogens with zero attached hydrogens (tertiary/aromatic N) is 5. The summed E-state index contributed by atoms with van der Waals surface area (Å²) in [5.74, 6) is 1.17. The normalized spacial score (nSPS) is 19.5. The van der Waals surface area contributed by atoms with Crippen LogP contribution in [0.3, 0.4) is 0 Å². The standard InChI is InChI=1S/C22H24ClN5/c1-16-10-9-11-17(2)27(16)21-24-20(23)25-22(26-21)28(18-12-5-3-6-13-18)19-14-7-4-8-15-19/h3-8,12-17H,9-11H2,1-2H3/t16-,17-/m0/s1. The van der Waals surface area contributed by atoms with E-state index < -0.39 is 0 Å². The minimum atomic E-state index is 0.210. The Morgan fingerprint density at radius 1 is 0.821 bits per heavy atom. The molecule has 1 aromatic heterocycles. The van der Waals surface area contributed by atoms with E-state index >= 15 is 0 Å². The van der Waals surface area contributed by atoms with E-state index in [-0.39, 0.29) is 5.28 Å². The topological polar surface area (TPSA) is 45.2 Å². The fourth-order valence-corrected chi connectivity index (χ4v) is 4.05. The van der Waals surface area contributed by atoms with Crippen molar-refractivity contribution in [3.05, 3.63) is 65.9 Å². The van der Waals surface area contributed by atoms with Crippen LogP contribution in [0.15, 0.2) is 60.7 Å². The summed E-state index contributed by atoms with van der Waals surface area (Å²) in [5.41, 5.74) is 1.95. The fraction of sp³-hybridized carbons (Fsp3) is 0.318. The van der Waals surface area contributed by atoms with Crippen LogP contribution in [-0.2, 0) is 0 Å². The van der Waals surface area contributed by atoms with Gasteiger partial charge in [-0.25, -0.2) is 0 Å². The van der Waals surface area contributed by atoms with E-state index in [1.807, 2.05) is 65.6 Å². The van der Waals surface area contributed by atoms with Gasteiger partial charge in [-0.2, -0.15) is 15.0 Å². The highest BCUT2D eigenvalue weighted by atomic mass is 35.5. The van der Waals surface area contributed by atoms with Gasteiger partial charge in [0.25, 0.3) is 0 Å². The van der Waals surface area contributed by atoms with Crippen LogP contribution >= 0.6 is 11.6 Å². The number of aromatic nitrogens is 3. The van der Waals surface area contributed by atoms with Crippen LogP contribution in [0.2, 0.25) is 5.28 Å². The second-order valence-electron chi connectivity index (χ2n) is 7.25. The second kappa shape index (κ2) is 8.15. The minimum Gasteiger partial charge on any atom is -0.335 e. The second-order valence-corrected chi connectivity index (χ2v) is 7.59. The smallest absolute Gasteiger partial charge is 0.240 e.